The van der Waals surface area contributed by atoms with Crippen molar-refractivity contribution < 1.29 is 4.79 Å². The average molecular weight is 195 g/mol. The van der Waals surface area contributed by atoms with Crippen molar-refractivity contribution in [3.63, 3.8) is 0 Å². The Balaban J connectivity index is 1.98. The maximum atomic E-state index is 10.5. The Labute approximate surface area is 83.9 Å². The van der Waals surface area contributed by atoms with Gasteiger partial charge in [-0.05, 0) is 37.5 Å². The lowest BCUT2D eigenvalue weighted by Crippen LogP contribution is -2.32. The minimum atomic E-state index is -0.560. The fraction of sp³-hybridized carbons (Fsp3) is 0.800. The number of fused-ring (bicyclic) bond motifs is 2. The third-order valence-corrected chi connectivity index (χ3v) is 3.37. The summed E-state index contributed by atoms with van der Waals surface area (Å²) in [6, 6.07) is -0.560. The van der Waals surface area contributed by atoms with Crippen molar-refractivity contribution >= 4 is 11.7 Å². The number of nitrogens with one attached hydrogen (secondary N) is 1. The number of amides is 2. The van der Waals surface area contributed by atoms with Gasteiger partial charge in [0, 0.05) is 5.71 Å². The van der Waals surface area contributed by atoms with E-state index in [1.807, 2.05) is 0 Å². The van der Waals surface area contributed by atoms with E-state index in [2.05, 4.69) is 10.5 Å². The van der Waals surface area contributed by atoms with E-state index in [0.29, 0.717) is 5.92 Å². The summed E-state index contributed by atoms with van der Waals surface area (Å²) in [5, 5.41) is 4.10. The highest BCUT2D eigenvalue weighted by molar-refractivity contribution is 5.88. The molecule has 0 heterocycles. The van der Waals surface area contributed by atoms with E-state index in [1.165, 1.54) is 32.1 Å². The first-order valence-corrected chi connectivity index (χ1v) is 5.37. The molecule has 2 aliphatic rings. The van der Waals surface area contributed by atoms with Crippen molar-refractivity contribution in [2.45, 2.75) is 38.5 Å². The minimum absolute atomic E-state index is 0.560. The minimum Gasteiger partial charge on any atom is -0.350 e. The van der Waals surface area contributed by atoms with Gasteiger partial charge in [0.05, 0.1) is 0 Å². The molecule has 2 rings (SSSR count). The fourth-order valence-corrected chi connectivity index (χ4v) is 2.69. The summed E-state index contributed by atoms with van der Waals surface area (Å²) in [6.45, 7) is 0. The van der Waals surface area contributed by atoms with Gasteiger partial charge < -0.3 is 5.73 Å². The van der Waals surface area contributed by atoms with Crippen LogP contribution in [0.5, 0.6) is 0 Å². The van der Waals surface area contributed by atoms with Crippen LogP contribution in [0, 0.1) is 11.8 Å². The molecule has 14 heavy (non-hydrogen) atoms. The number of nitrogens with zero attached hydrogens (tertiary/aromatic N) is 1. The third kappa shape index (κ3) is 2.05. The maximum Gasteiger partial charge on any atom is 0.332 e. The number of hydrogen-bond acceptors (Lipinski definition) is 2. The molecule has 4 nitrogen and oxygen atoms in total. The molecule has 0 saturated heterocycles. The molecule has 0 aliphatic heterocycles. The van der Waals surface area contributed by atoms with Crippen molar-refractivity contribution in [3.8, 4) is 0 Å². The average Bonchev–Trinajstić information content (AvgIpc) is 2.17. The zero-order chi connectivity index (χ0) is 9.97. The molecule has 3 N–H and O–H groups in total. The van der Waals surface area contributed by atoms with E-state index in [-0.39, 0.29) is 0 Å². The maximum absolute atomic E-state index is 10.5. The van der Waals surface area contributed by atoms with Crippen LogP contribution < -0.4 is 11.2 Å². The van der Waals surface area contributed by atoms with Crippen LogP contribution in [0.1, 0.15) is 38.5 Å². The van der Waals surface area contributed by atoms with Crippen LogP contribution in [-0.4, -0.2) is 11.7 Å². The summed E-state index contributed by atoms with van der Waals surface area (Å²) in [4.78, 5) is 10.5. The van der Waals surface area contributed by atoms with Gasteiger partial charge in [-0.2, -0.15) is 5.10 Å². The first-order valence-electron chi connectivity index (χ1n) is 5.37. The van der Waals surface area contributed by atoms with Crippen LogP contribution in [0.3, 0.4) is 0 Å². The van der Waals surface area contributed by atoms with Gasteiger partial charge in [0.2, 0.25) is 0 Å². The summed E-state index contributed by atoms with van der Waals surface area (Å²) in [5.74, 6) is 1.51. The molecule has 4 heteroatoms. The Hall–Kier alpha value is -1.06. The van der Waals surface area contributed by atoms with Gasteiger partial charge in [-0.25, -0.2) is 10.2 Å². The molecule has 0 radical (unpaired) electrons. The van der Waals surface area contributed by atoms with Crippen LogP contribution >= 0.6 is 0 Å². The first-order chi connectivity index (χ1) is 6.75. The van der Waals surface area contributed by atoms with Crippen molar-refractivity contribution in [2.24, 2.45) is 22.7 Å². The second-order valence-corrected chi connectivity index (χ2v) is 4.35. The Kier molecular flexibility index (Phi) is 2.70. The Morgan fingerprint density at radius 1 is 1.43 bits per heavy atom. The van der Waals surface area contributed by atoms with Crippen LogP contribution in [0.2, 0.25) is 0 Å². The summed E-state index contributed by atoms with van der Waals surface area (Å²) in [6.07, 6.45) is 7.46. The number of hydrazone groups is 1. The predicted octanol–water partition coefficient (Wildman–Crippen LogP) is 1.61. The molecule has 0 unspecified atom stereocenters. The lowest BCUT2D eigenvalue weighted by molar-refractivity contribution is 0.248. The molecule has 78 valence electrons. The Bertz CT molecular complexity index is 262. The number of urea groups is 1. The summed E-state index contributed by atoms with van der Waals surface area (Å²) in [5.41, 5.74) is 8.48. The summed E-state index contributed by atoms with van der Waals surface area (Å²) < 4.78 is 0. The monoisotopic (exact) mass is 195 g/mol. The Morgan fingerprint density at radius 3 is 3.07 bits per heavy atom. The zero-order valence-corrected chi connectivity index (χ0v) is 8.33. The number of primary amides is 1. The van der Waals surface area contributed by atoms with Crippen molar-refractivity contribution in [3.05, 3.63) is 0 Å². The molecule has 2 bridgehead atoms. The van der Waals surface area contributed by atoms with Crippen molar-refractivity contribution in [1.29, 1.82) is 0 Å². The summed E-state index contributed by atoms with van der Waals surface area (Å²) in [7, 11) is 0. The van der Waals surface area contributed by atoms with Crippen LogP contribution in [0.25, 0.3) is 0 Å². The number of hydrogen-bond donors (Lipinski definition) is 2. The van der Waals surface area contributed by atoms with Gasteiger partial charge in [-0.15, -0.1) is 0 Å². The van der Waals surface area contributed by atoms with E-state index in [9.17, 15) is 4.79 Å². The van der Waals surface area contributed by atoms with Gasteiger partial charge >= 0.3 is 6.03 Å². The molecule has 2 atom stereocenters. The largest absolute Gasteiger partial charge is 0.350 e. The summed E-state index contributed by atoms with van der Waals surface area (Å²) >= 11 is 0. The molecule has 2 fully saturated rings. The zero-order valence-electron chi connectivity index (χ0n) is 8.33. The number of carbonyl (C=O) groups excluding carboxylic acids is 1. The number of nitrogens with two attached hydrogens (primary N) is 1. The van der Waals surface area contributed by atoms with Crippen LogP contribution in [0.4, 0.5) is 4.79 Å². The van der Waals surface area contributed by atoms with Crippen LogP contribution in [0.15, 0.2) is 5.10 Å². The lowest BCUT2D eigenvalue weighted by Gasteiger charge is -2.35. The van der Waals surface area contributed by atoms with Gasteiger partial charge in [-0.1, -0.05) is 12.8 Å². The highest BCUT2D eigenvalue weighted by Gasteiger charge is 2.30. The molecule has 0 aromatic rings. The SMILES string of the molecule is NC(=O)N/N=C1/CC[C@H]2CCC[C@H]1C2. The van der Waals surface area contributed by atoms with Crippen molar-refractivity contribution in [1.82, 2.24) is 5.43 Å². The highest BCUT2D eigenvalue weighted by Crippen LogP contribution is 2.38. The van der Waals surface area contributed by atoms with Gasteiger partial charge in [0.15, 0.2) is 0 Å². The smallest absolute Gasteiger partial charge is 0.332 e. The van der Waals surface area contributed by atoms with E-state index in [4.69, 9.17) is 5.73 Å². The standard InChI is InChI=1S/C10H17N3O/c11-10(14)13-12-9-5-4-7-2-1-3-8(9)6-7/h7-8H,1-6H2,(H3,11,13,14)/b12-9-/t7-,8+/m1/s1. The molecular weight excluding hydrogens is 178 g/mol. The Morgan fingerprint density at radius 2 is 2.29 bits per heavy atom. The third-order valence-electron chi connectivity index (χ3n) is 3.37. The molecule has 0 aromatic heterocycles. The normalized spacial score (nSPS) is 34.1. The van der Waals surface area contributed by atoms with Crippen molar-refractivity contribution in [2.75, 3.05) is 0 Å². The molecule has 2 aliphatic carbocycles. The van der Waals surface area contributed by atoms with Crippen LogP contribution in [-0.2, 0) is 0 Å². The molecule has 0 aromatic carbocycles. The lowest BCUT2D eigenvalue weighted by atomic mass is 9.71. The molecule has 2 amide bonds. The molecule has 2 saturated carbocycles. The van der Waals surface area contributed by atoms with Gasteiger partial charge in [0.1, 0.15) is 0 Å². The second-order valence-electron chi connectivity index (χ2n) is 4.35. The predicted molar refractivity (Wildman–Crippen MR) is 54.8 cm³/mol. The highest BCUT2D eigenvalue weighted by atomic mass is 16.2. The number of rotatable bonds is 1. The second kappa shape index (κ2) is 3.98. The first kappa shape index (κ1) is 9.49. The van der Waals surface area contributed by atoms with E-state index >= 15 is 0 Å². The van der Waals surface area contributed by atoms with E-state index < -0.39 is 6.03 Å². The fourth-order valence-electron chi connectivity index (χ4n) is 2.69. The quantitative estimate of drug-likeness (QED) is 0.613. The molecular formula is C10H17N3O. The number of carbonyl (C=O) groups is 1. The van der Waals surface area contributed by atoms with E-state index in [1.54, 1.807) is 0 Å². The van der Waals surface area contributed by atoms with Gasteiger partial charge in [0.25, 0.3) is 0 Å². The molecule has 0 spiro atoms. The van der Waals surface area contributed by atoms with E-state index in [0.717, 1.165) is 18.1 Å². The topological polar surface area (TPSA) is 67.5 Å². The van der Waals surface area contributed by atoms with Gasteiger partial charge in [-0.3, -0.25) is 0 Å².